The highest BCUT2D eigenvalue weighted by atomic mass is 16.2. The molecular weight excluding hydrogens is 210 g/mol. The lowest BCUT2D eigenvalue weighted by atomic mass is 10.6. The van der Waals surface area contributed by atoms with Crippen LogP contribution in [0.5, 0.6) is 0 Å². The van der Waals surface area contributed by atoms with Crippen molar-refractivity contribution in [3.05, 3.63) is 57.3 Å². The molecule has 1 heterocycles. The van der Waals surface area contributed by atoms with Crippen LogP contribution < -0.4 is 17.1 Å². The Morgan fingerprint density at radius 2 is 1.31 bits per heavy atom. The van der Waals surface area contributed by atoms with Gasteiger partial charge in [-0.1, -0.05) is 19.2 Å². The molecule has 6 nitrogen and oxygen atoms in total. The van der Waals surface area contributed by atoms with Gasteiger partial charge in [0.1, 0.15) is 0 Å². The predicted octanol–water partition coefficient (Wildman–Crippen LogP) is -0.441. The second-order valence-corrected chi connectivity index (χ2v) is 2.85. The third kappa shape index (κ3) is 1.60. The lowest BCUT2D eigenvalue weighted by Gasteiger charge is -2.06. The minimum atomic E-state index is -0.791. The van der Waals surface area contributed by atoms with Crippen molar-refractivity contribution in [3.63, 3.8) is 0 Å². The van der Waals surface area contributed by atoms with Crippen LogP contribution in [0.3, 0.4) is 0 Å². The molecule has 0 aromatic carbocycles. The molecule has 0 atom stereocenters. The zero-order chi connectivity index (χ0) is 12.3. The summed E-state index contributed by atoms with van der Waals surface area (Å²) in [4.78, 5) is 34.9. The van der Waals surface area contributed by atoms with Gasteiger partial charge in [0, 0.05) is 12.4 Å². The molecule has 0 saturated carbocycles. The van der Waals surface area contributed by atoms with Gasteiger partial charge in [0.15, 0.2) is 0 Å². The molecule has 0 aliphatic heterocycles. The van der Waals surface area contributed by atoms with Crippen LogP contribution in [0.25, 0.3) is 12.4 Å². The van der Waals surface area contributed by atoms with Crippen molar-refractivity contribution < 1.29 is 0 Å². The molecule has 0 N–H and O–H groups in total. The van der Waals surface area contributed by atoms with Crippen molar-refractivity contribution in [1.82, 2.24) is 13.7 Å². The number of allylic oxidation sites excluding steroid dienone is 1. The molecule has 0 bridgehead atoms. The monoisotopic (exact) mass is 221 g/mol. The number of rotatable bonds is 4. The third-order valence-electron chi connectivity index (χ3n) is 1.96. The lowest BCUT2D eigenvalue weighted by Crippen LogP contribution is -2.51. The SMILES string of the molecule is C=CCn1c(=O)n(C=C)c(=O)n(C=C)c1=O. The minimum absolute atomic E-state index is 0.0135. The first-order valence-electron chi connectivity index (χ1n) is 4.42. The molecule has 0 aliphatic rings. The maximum absolute atomic E-state index is 11.7. The average Bonchev–Trinajstić information content (AvgIpc) is 2.26. The van der Waals surface area contributed by atoms with Crippen LogP contribution in [0.1, 0.15) is 0 Å². The van der Waals surface area contributed by atoms with Crippen molar-refractivity contribution >= 4 is 12.4 Å². The van der Waals surface area contributed by atoms with Crippen molar-refractivity contribution in [1.29, 1.82) is 0 Å². The zero-order valence-electron chi connectivity index (χ0n) is 8.63. The van der Waals surface area contributed by atoms with E-state index in [1.54, 1.807) is 0 Å². The van der Waals surface area contributed by atoms with Gasteiger partial charge in [-0.15, -0.1) is 6.58 Å². The van der Waals surface area contributed by atoms with Crippen LogP contribution in [0.15, 0.2) is 40.2 Å². The molecule has 16 heavy (non-hydrogen) atoms. The molecular formula is C10H11N3O3. The van der Waals surface area contributed by atoms with E-state index in [1.165, 1.54) is 6.08 Å². The van der Waals surface area contributed by atoms with E-state index in [-0.39, 0.29) is 6.54 Å². The van der Waals surface area contributed by atoms with Gasteiger partial charge < -0.3 is 0 Å². The van der Waals surface area contributed by atoms with Gasteiger partial charge in [-0.2, -0.15) is 0 Å². The van der Waals surface area contributed by atoms with Crippen molar-refractivity contribution in [3.8, 4) is 0 Å². The Morgan fingerprint density at radius 1 is 0.875 bits per heavy atom. The minimum Gasteiger partial charge on any atom is -0.247 e. The molecule has 0 radical (unpaired) electrons. The molecule has 6 heteroatoms. The topological polar surface area (TPSA) is 66.0 Å². The van der Waals surface area contributed by atoms with E-state index in [0.717, 1.165) is 26.1 Å². The first-order chi connectivity index (χ1) is 7.58. The molecule has 0 unspecified atom stereocenters. The van der Waals surface area contributed by atoms with Crippen LogP contribution in [0.4, 0.5) is 0 Å². The summed E-state index contributed by atoms with van der Waals surface area (Å²) in [5.74, 6) is 0. The fourth-order valence-corrected chi connectivity index (χ4v) is 1.22. The Kier molecular flexibility index (Phi) is 3.24. The molecule has 84 valence electrons. The maximum atomic E-state index is 11.7. The van der Waals surface area contributed by atoms with E-state index in [1.807, 2.05) is 0 Å². The van der Waals surface area contributed by atoms with E-state index >= 15 is 0 Å². The second kappa shape index (κ2) is 4.43. The number of aromatic nitrogens is 3. The van der Waals surface area contributed by atoms with Gasteiger partial charge in [-0.05, 0) is 0 Å². The van der Waals surface area contributed by atoms with Crippen LogP contribution in [-0.4, -0.2) is 13.7 Å². The quantitative estimate of drug-likeness (QED) is 0.647. The standard InChI is InChI=1S/C10H11N3O3/c1-4-7-13-9(15)11(5-2)8(14)12(6-3)10(13)16/h4-6H,1-3,7H2. The highest BCUT2D eigenvalue weighted by Gasteiger charge is 2.10. The van der Waals surface area contributed by atoms with Crippen LogP contribution in [-0.2, 0) is 6.54 Å². The Bertz CT molecular complexity index is 569. The normalized spacial score (nSPS) is 9.75. The zero-order valence-corrected chi connectivity index (χ0v) is 8.63. The molecule has 0 saturated heterocycles. The Labute approximate surface area is 90.7 Å². The van der Waals surface area contributed by atoms with Gasteiger partial charge in [0.05, 0.1) is 6.54 Å². The average molecular weight is 221 g/mol. The summed E-state index contributed by atoms with van der Waals surface area (Å²) in [7, 11) is 0. The molecule has 1 rings (SSSR count). The maximum Gasteiger partial charge on any atom is 0.344 e. The Hall–Kier alpha value is -2.37. The molecule has 0 aliphatic carbocycles. The van der Waals surface area contributed by atoms with E-state index in [2.05, 4.69) is 19.7 Å². The molecule has 0 fully saturated rings. The van der Waals surface area contributed by atoms with E-state index < -0.39 is 17.1 Å². The highest BCUT2D eigenvalue weighted by molar-refractivity contribution is 5.19. The lowest BCUT2D eigenvalue weighted by molar-refractivity contribution is 0.609. The molecule has 1 aromatic heterocycles. The second-order valence-electron chi connectivity index (χ2n) is 2.85. The molecule has 1 aromatic rings. The van der Waals surface area contributed by atoms with E-state index in [0.29, 0.717) is 0 Å². The summed E-state index contributed by atoms with van der Waals surface area (Å²) in [6.07, 6.45) is 3.47. The Morgan fingerprint density at radius 3 is 1.62 bits per heavy atom. The summed E-state index contributed by atoms with van der Waals surface area (Å²) in [5, 5.41) is 0. The first kappa shape index (κ1) is 11.7. The van der Waals surface area contributed by atoms with Crippen molar-refractivity contribution in [2.75, 3.05) is 0 Å². The van der Waals surface area contributed by atoms with Gasteiger partial charge in [0.25, 0.3) is 0 Å². The first-order valence-corrected chi connectivity index (χ1v) is 4.42. The molecule has 0 spiro atoms. The van der Waals surface area contributed by atoms with Gasteiger partial charge >= 0.3 is 17.1 Å². The summed E-state index contributed by atoms with van der Waals surface area (Å²) >= 11 is 0. The van der Waals surface area contributed by atoms with Crippen LogP contribution in [0.2, 0.25) is 0 Å². The molecule has 0 amide bonds. The number of hydrogen-bond acceptors (Lipinski definition) is 3. The number of nitrogens with zero attached hydrogens (tertiary/aromatic N) is 3. The summed E-state index contributed by atoms with van der Waals surface area (Å²) in [6, 6.07) is 0. The van der Waals surface area contributed by atoms with Gasteiger partial charge in [-0.25, -0.2) is 28.1 Å². The fraction of sp³-hybridized carbons (Fsp3) is 0.100. The summed E-state index contributed by atoms with van der Waals surface area (Å²) < 4.78 is 2.32. The number of hydrogen-bond donors (Lipinski definition) is 0. The van der Waals surface area contributed by atoms with Gasteiger partial charge in [-0.3, -0.25) is 0 Å². The Balaban J connectivity index is 3.92. The summed E-state index contributed by atoms with van der Waals surface area (Å²) in [6.45, 7) is 10.1. The van der Waals surface area contributed by atoms with Crippen molar-refractivity contribution in [2.45, 2.75) is 6.54 Å². The van der Waals surface area contributed by atoms with E-state index in [9.17, 15) is 14.4 Å². The largest absolute Gasteiger partial charge is 0.344 e. The smallest absolute Gasteiger partial charge is 0.247 e. The predicted molar refractivity (Wildman–Crippen MR) is 62.2 cm³/mol. The summed E-state index contributed by atoms with van der Waals surface area (Å²) in [5.41, 5.74) is -2.29. The van der Waals surface area contributed by atoms with Gasteiger partial charge in [0.2, 0.25) is 0 Å². The fourth-order valence-electron chi connectivity index (χ4n) is 1.22. The highest BCUT2D eigenvalue weighted by Crippen LogP contribution is 1.76. The van der Waals surface area contributed by atoms with Crippen LogP contribution >= 0.6 is 0 Å². The van der Waals surface area contributed by atoms with Crippen molar-refractivity contribution in [2.24, 2.45) is 0 Å². The third-order valence-corrected chi connectivity index (χ3v) is 1.96. The van der Waals surface area contributed by atoms with Crippen LogP contribution in [0, 0.1) is 0 Å². The van der Waals surface area contributed by atoms with E-state index in [4.69, 9.17) is 0 Å².